The van der Waals surface area contributed by atoms with Crippen LogP contribution in [0.3, 0.4) is 0 Å². The molecule has 2 aromatic heterocycles. The largest absolute Gasteiger partial charge is 0.384 e. The third-order valence-corrected chi connectivity index (χ3v) is 4.95. The number of benzene rings is 1. The number of methoxy groups -OCH3 is 1. The molecular formula is C19H23N5O3. The highest BCUT2D eigenvalue weighted by molar-refractivity contribution is 5.80. The fourth-order valence-electron chi connectivity index (χ4n) is 3.56. The van der Waals surface area contributed by atoms with Crippen LogP contribution in [0.15, 0.2) is 35.1 Å². The van der Waals surface area contributed by atoms with Crippen LogP contribution >= 0.6 is 0 Å². The Labute approximate surface area is 157 Å². The molecule has 1 saturated heterocycles. The average molecular weight is 369 g/mol. The zero-order valence-electron chi connectivity index (χ0n) is 15.4. The van der Waals surface area contributed by atoms with Gasteiger partial charge in [-0.25, -0.2) is 4.98 Å². The van der Waals surface area contributed by atoms with Crippen LogP contribution in [0.2, 0.25) is 0 Å². The first kappa shape index (κ1) is 17.7. The Hall–Kier alpha value is -2.74. The van der Waals surface area contributed by atoms with Gasteiger partial charge in [0.2, 0.25) is 11.8 Å². The van der Waals surface area contributed by atoms with E-state index < -0.39 is 0 Å². The minimum Gasteiger partial charge on any atom is -0.384 e. The van der Waals surface area contributed by atoms with Crippen molar-refractivity contribution in [1.82, 2.24) is 24.6 Å². The maximum Gasteiger partial charge on any atom is 0.249 e. The summed E-state index contributed by atoms with van der Waals surface area (Å²) in [4.78, 5) is 23.8. The number of fused-ring (bicyclic) bond motifs is 1. The summed E-state index contributed by atoms with van der Waals surface area (Å²) in [5.74, 6) is 1.18. The summed E-state index contributed by atoms with van der Waals surface area (Å²) >= 11 is 0. The fourth-order valence-corrected chi connectivity index (χ4v) is 3.56. The summed E-state index contributed by atoms with van der Waals surface area (Å²) in [5, 5.41) is 4.02. The minimum absolute atomic E-state index is 0.0412. The molecular weight excluding hydrogens is 346 g/mol. The number of piperidine rings is 1. The predicted molar refractivity (Wildman–Crippen MR) is 97.9 cm³/mol. The number of imidazole rings is 1. The summed E-state index contributed by atoms with van der Waals surface area (Å²) in [5.41, 5.74) is 1.85. The Morgan fingerprint density at radius 1 is 1.33 bits per heavy atom. The first-order valence-electron chi connectivity index (χ1n) is 9.27. The van der Waals surface area contributed by atoms with Gasteiger partial charge in [0.25, 0.3) is 0 Å². The lowest BCUT2D eigenvalue weighted by Crippen LogP contribution is -2.40. The van der Waals surface area contributed by atoms with E-state index in [1.165, 1.54) is 0 Å². The van der Waals surface area contributed by atoms with Crippen molar-refractivity contribution >= 4 is 16.9 Å². The van der Waals surface area contributed by atoms with E-state index in [0.29, 0.717) is 31.3 Å². The second kappa shape index (κ2) is 7.87. The SMILES string of the molecule is COCCc1noc([C@@H]2CCCCN2C(=O)Cn2cnc3ccccc32)n1. The van der Waals surface area contributed by atoms with Crippen LogP contribution in [-0.2, 0) is 22.5 Å². The van der Waals surface area contributed by atoms with E-state index >= 15 is 0 Å². The van der Waals surface area contributed by atoms with E-state index in [4.69, 9.17) is 9.26 Å². The number of aromatic nitrogens is 4. The van der Waals surface area contributed by atoms with Gasteiger partial charge in [0, 0.05) is 20.1 Å². The van der Waals surface area contributed by atoms with Crippen molar-refractivity contribution in [1.29, 1.82) is 0 Å². The van der Waals surface area contributed by atoms with E-state index in [1.54, 1.807) is 13.4 Å². The van der Waals surface area contributed by atoms with Crippen LogP contribution in [0.4, 0.5) is 0 Å². The number of para-hydroxylation sites is 2. The standard InChI is InChI=1S/C19H23N5O3/c1-26-11-9-17-21-19(27-22-17)16-8-4-5-10-24(16)18(25)12-23-13-20-14-6-2-3-7-15(14)23/h2-3,6-7,13,16H,4-5,8-12H2,1H3/t16-/m0/s1. The fraction of sp³-hybridized carbons (Fsp3) is 0.474. The molecule has 27 heavy (non-hydrogen) atoms. The molecule has 0 N–H and O–H groups in total. The summed E-state index contributed by atoms with van der Waals surface area (Å²) in [6.07, 6.45) is 5.18. The molecule has 3 heterocycles. The van der Waals surface area contributed by atoms with Crippen LogP contribution in [0.5, 0.6) is 0 Å². The third-order valence-electron chi connectivity index (χ3n) is 4.95. The van der Waals surface area contributed by atoms with Gasteiger partial charge in [-0.3, -0.25) is 4.79 Å². The molecule has 0 aliphatic carbocycles. The first-order chi connectivity index (χ1) is 13.3. The molecule has 1 atom stereocenters. The van der Waals surface area contributed by atoms with Crippen molar-refractivity contribution in [2.75, 3.05) is 20.3 Å². The van der Waals surface area contributed by atoms with Gasteiger partial charge in [0.1, 0.15) is 12.6 Å². The maximum atomic E-state index is 13.0. The number of rotatable bonds is 6. The molecule has 1 fully saturated rings. The highest BCUT2D eigenvalue weighted by atomic mass is 16.5. The van der Waals surface area contributed by atoms with Crippen molar-refractivity contribution in [3.63, 3.8) is 0 Å². The van der Waals surface area contributed by atoms with Crippen molar-refractivity contribution in [3.8, 4) is 0 Å². The van der Waals surface area contributed by atoms with Crippen LogP contribution in [0.1, 0.15) is 37.0 Å². The van der Waals surface area contributed by atoms with Crippen LogP contribution in [0, 0.1) is 0 Å². The average Bonchev–Trinajstić information content (AvgIpc) is 3.34. The second-order valence-corrected chi connectivity index (χ2v) is 6.75. The Morgan fingerprint density at radius 2 is 2.22 bits per heavy atom. The topological polar surface area (TPSA) is 86.3 Å². The molecule has 3 aromatic rings. The molecule has 0 bridgehead atoms. The summed E-state index contributed by atoms with van der Waals surface area (Å²) in [6, 6.07) is 7.65. The maximum absolute atomic E-state index is 13.0. The monoisotopic (exact) mass is 369 g/mol. The molecule has 0 saturated carbocycles. The van der Waals surface area contributed by atoms with Gasteiger partial charge in [-0.2, -0.15) is 4.98 Å². The van der Waals surface area contributed by atoms with Crippen molar-refractivity contribution in [2.24, 2.45) is 0 Å². The van der Waals surface area contributed by atoms with E-state index in [-0.39, 0.29) is 18.5 Å². The quantitative estimate of drug-likeness (QED) is 0.663. The normalized spacial score (nSPS) is 17.5. The highest BCUT2D eigenvalue weighted by Gasteiger charge is 2.32. The first-order valence-corrected chi connectivity index (χ1v) is 9.27. The van der Waals surface area contributed by atoms with Gasteiger partial charge >= 0.3 is 0 Å². The summed E-state index contributed by atoms with van der Waals surface area (Å²) in [6.45, 7) is 1.49. The van der Waals surface area contributed by atoms with Gasteiger partial charge in [-0.15, -0.1) is 0 Å². The molecule has 0 radical (unpaired) electrons. The molecule has 4 rings (SSSR count). The summed E-state index contributed by atoms with van der Waals surface area (Å²) in [7, 11) is 1.64. The van der Waals surface area contributed by atoms with Crippen LogP contribution in [0.25, 0.3) is 11.0 Å². The molecule has 142 valence electrons. The minimum atomic E-state index is -0.162. The number of nitrogens with zero attached hydrogens (tertiary/aromatic N) is 5. The summed E-state index contributed by atoms with van der Waals surface area (Å²) < 4.78 is 12.4. The van der Waals surface area contributed by atoms with Gasteiger partial charge in [-0.1, -0.05) is 17.3 Å². The molecule has 0 spiro atoms. The Morgan fingerprint density at radius 3 is 3.11 bits per heavy atom. The Kier molecular flexibility index (Phi) is 5.15. The Bertz CT molecular complexity index is 919. The van der Waals surface area contributed by atoms with Crippen molar-refractivity contribution < 1.29 is 14.1 Å². The molecule has 1 amide bonds. The van der Waals surface area contributed by atoms with Crippen molar-refractivity contribution in [2.45, 2.75) is 38.3 Å². The lowest BCUT2D eigenvalue weighted by Gasteiger charge is -2.33. The zero-order chi connectivity index (χ0) is 18.6. The number of hydrogen-bond acceptors (Lipinski definition) is 6. The zero-order valence-corrected chi connectivity index (χ0v) is 15.4. The van der Waals surface area contributed by atoms with Crippen LogP contribution < -0.4 is 0 Å². The smallest absolute Gasteiger partial charge is 0.249 e. The molecule has 1 aliphatic heterocycles. The lowest BCUT2D eigenvalue weighted by atomic mass is 10.0. The molecule has 0 unspecified atom stereocenters. The van der Waals surface area contributed by atoms with E-state index in [9.17, 15) is 4.79 Å². The lowest BCUT2D eigenvalue weighted by molar-refractivity contribution is -0.136. The number of carbonyl (C=O) groups is 1. The number of hydrogen-bond donors (Lipinski definition) is 0. The molecule has 1 aromatic carbocycles. The number of amides is 1. The van der Waals surface area contributed by atoms with E-state index in [2.05, 4.69) is 15.1 Å². The molecule has 8 nitrogen and oxygen atoms in total. The van der Waals surface area contributed by atoms with Gasteiger partial charge < -0.3 is 18.7 Å². The van der Waals surface area contributed by atoms with Crippen LogP contribution in [-0.4, -0.2) is 50.8 Å². The second-order valence-electron chi connectivity index (χ2n) is 6.75. The van der Waals surface area contributed by atoms with Gasteiger partial charge in [-0.05, 0) is 31.4 Å². The molecule has 8 heteroatoms. The van der Waals surface area contributed by atoms with E-state index in [1.807, 2.05) is 33.7 Å². The van der Waals surface area contributed by atoms with Gasteiger partial charge in [0.15, 0.2) is 5.82 Å². The third kappa shape index (κ3) is 3.71. The number of carbonyl (C=O) groups excluding carboxylic acids is 1. The highest BCUT2D eigenvalue weighted by Crippen LogP contribution is 2.30. The Balaban J connectivity index is 1.51. The number of likely N-dealkylation sites (tertiary alicyclic amines) is 1. The van der Waals surface area contributed by atoms with E-state index in [0.717, 1.165) is 30.3 Å². The van der Waals surface area contributed by atoms with Crippen molar-refractivity contribution in [3.05, 3.63) is 42.3 Å². The molecule has 1 aliphatic rings. The van der Waals surface area contributed by atoms with Gasteiger partial charge in [0.05, 0.1) is 24.0 Å². The number of ether oxygens (including phenoxy) is 1. The predicted octanol–water partition coefficient (Wildman–Crippen LogP) is 2.36.